The van der Waals surface area contributed by atoms with Crippen LogP contribution >= 0.6 is 0 Å². The van der Waals surface area contributed by atoms with Crippen molar-refractivity contribution in [2.24, 2.45) is 0 Å². The molecule has 0 saturated carbocycles. The van der Waals surface area contributed by atoms with Crippen LogP contribution in [0.5, 0.6) is 17.2 Å². The molecular formula is C18H23N3O5. The van der Waals surface area contributed by atoms with Crippen molar-refractivity contribution in [1.82, 2.24) is 15.2 Å². The summed E-state index contributed by atoms with van der Waals surface area (Å²) in [5.41, 5.74) is -0.00362. The number of carbonyl (C=O) groups excluding carboxylic acids is 2. The third-order valence-electron chi connectivity index (χ3n) is 3.63. The molecule has 2 amide bonds. The predicted octanol–water partition coefficient (Wildman–Crippen LogP) is 1.79. The summed E-state index contributed by atoms with van der Waals surface area (Å²) in [6.45, 7) is 6.45. The van der Waals surface area contributed by atoms with E-state index in [4.69, 9.17) is 4.74 Å². The molecule has 0 aliphatic carbocycles. The van der Waals surface area contributed by atoms with Crippen molar-refractivity contribution in [1.29, 1.82) is 0 Å². The van der Waals surface area contributed by atoms with Gasteiger partial charge >= 0.3 is 0 Å². The van der Waals surface area contributed by atoms with Crippen LogP contribution in [0.25, 0.3) is 5.69 Å². The average Bonchev–Trinajstić information content (AvgIpc) is 2.88. The number of hydrogen-bond donors (Lipinski definition) is 4. The van der Waals surface area contributed by atoms with Crippen LogP contribution in [0.4, 0.5) is 0 Å². The van der Waals surface area contributed by atoms with E-state index in [2.05, 4.69) is 10.6 Å². The molecule has 0 spiro atoms. The number of aromatic nitrogens is 1. The van der Waals surface area contributed by atoms with Gasteiger partial charge in [-0.25, -0.2) is 0 Å². The average molecular weight is 361 g/mol. The summed E-state index contributed by atoms with van der Waals surface area (Å²) < 4.78 is 6.62. The monoisotopic (exact) mass is 361 g/mol. The number of nitrogens with zero attached hydrogens (tertiary/aromatic N) is 1. The third-order valence-corrected chi connectivity index (χ3v) is 3.63. The Bertz CT molecular complexity index is 755. The first kappa shape index (κ1) is 19.2. The van der Waals surface area contributed by atoms with Crippen LogP contribution < -0.4 is 15.4 Å². The Morgan fingerprint density at radius 1 is 0.923 bits per heavy atom. The second-order valence-corrected chi connectivity index (χ2v) is 5.38. The molecular weight excluding hydrogens is 338 g/mol. The van der Waals surface area contributed by atoms with Gasteiger partial charge in [-0.15, -0.1) is 0 Å². The van der Waals surface area contributed by atoms with Gasteiger partial charge in [0.05, 0.1) is 6.61 Å². The molecule has 140 valence electrons. The van der Waals surface area contributed by atoms with E-state index in [1.54, 1.807) is 38.1 Å². The molecule has 0 radical (unpaired) electrons. The van der Waals surface area contributed by atoms with Gasteiger partial charge in [-0.1, -0.05) is 0 Å². The van der Waals surface area contributed by atoms with Gasteiger partial charge < -0.3 is 25.6 Å². The first-order valence-electron chi connectivity index (χ1n) is 8.42. The summed E-state index contributed by atoms with van der Waals surface area (Å²) >= 11 is 0. The lowest BCUT2D eigenvalue weighted by Gasteiger charge is -2.13. The minimum atomic E-state index is -0.647. The van der Waals surface area contributed by atoms with Crippen molar-refractivity contribution in [3.63, 3.8) is 0 Å². The van der Waals surface area contributed by atoms with Crippen molar-refractivity contribution in [3.05, 3.63) is 35.7 Å². The van der Waals surface area contributed by atoms with Gasteiger partial charge in [0.1, 0.15) is 5.75 Å². The van der Waals surface area contributed by atoms with Crippen molar-refractivity contribution in [2.45, 2.75) is 20.8 Å². The summed E-state index contributed by atoms with van der Waals surface area (Å²) in [7, 11) is 0. The highest BCUT2D eigenvalue weighted by Gasteiger charge is 2.31. The van der Waals surface area contributed by atoms with Crippen LogP contribution in [-0.4, -0.2) is 46.3 Å². The Balaban J connectivity index is 2.68. The van der Waals surface area contributed by atoms with Crippen LogP contribution in [0, 0.1) is 0 Å². The van der Waals surface area contributed by atoms with Gasteiger partial charge in [0.15, 0.2) is 22.9 Å². The molecule has 0 unspecified atom stereocenters. The molecule has 0 bridgehead atoms. The Morgan fingerprint density at radius 2 is 1.38 bits per heavy atom. The maximum Gasteiger partial charge on any atom is 0.272 e. The molecule has 0 saturated heterocycles. The highest BCUT2D eigenvalue weighted by Crippen LogP contribution is 2.38. The molecule has 4 N–H and O–H groups in total. The fraction of sp³-hybridized carbons (Fsp3) is 0.333. The molecule has 0 fully saturated rings. The second kappa shape index (κ2) is 8.28. The van der Waals surface area contributed by atoms with Gasteiger partial charge in [-0.2, -0.15) is 0 Å². The normalized spacial score (nSPS) is 10.4. The lowest BCUT2D eigenvalue weighted by Crippen LogP contribution is -2.29. The molecule has 8 heteroatoms. The standard InChI is InChI=1S/C18H23N3O5/c1-4-19-17(24)13-15(22)16(23)14(18(25)20-5-2)21(13)11-7-9-12(10-8-11)26-6-3/h7-10,22-23H,4-6H2,1-3H3,(H,19,24)(H,20,25). The summed E-state index contributed by atoms with van der Waals surface area (Å²) in [6.07, 6.45) is 0. The fourth-order valence-corrected chi connectivity index (χ4v) is 2.57. The van der Waals surface area contributed by atoms with Gasteiger partial charge in [-0.3, -0.25) is 14.2 Å². The Hall–Kier alpha value is -3.16. The van der Waals surface area contributed by atoms with Crippen LogP contribution in [0.2, 0.25) is 0 Å². The summed E-state index contributed by atoms with van der Waals surface area (Å²) in [5, 5.41) is 25.7. The first-order chi connectivity index (χ1) is 12.5. The maximum atomic E-state index is 12.4. The van der Waals surface area contributed by atoms with Crippen molar-refractivity contribution in [2.75, 3.05) is 19.7 Å². The molecule has 1 aromatic heterocycles. The molecule has 8 nitrogen and oxygen atoms in total. The maximum absolute atomic E-state index is 12.4. The van der Waals surface area contributed by atoms with Crippen molar-refractivity contribution >= 4 is 11.8 Å². The molecule has 1 heterocycles. The number of benzene rings is 1. The van der Waals surface area contributed by atoms with Gasteiger partial charge in [0, 0.05) is 18.8 Å². The van der Waals surface area contributed by atoms with Crippen LogP contribution in [-0.2, 0) is 0 Å². The van der Waals surface area contributed by atoms with Crippen LogP contribution in [0.3, 0.4) is 0 Å². The first-order valence-corrected chi connectivity index (χ1v) is 8.42. The Labute approximate surface area is 151 Å². The van der Waals surface area contributed by atoms with E-state index in [9.17, 15) is 19.8 Å². The van der Waals surface area contributed by atoms with Gasteiger partial charge in [-0.05, 0) is 45.0 Å². The molecule has 0 aliphatic heterocycles. The van der Waals surface area contributed by atoms with E-state index < -0.39 is 23.3 Å². The molecule has 0 atom stereocenters. The van der Waals surface area contributed by atoms with E-state index in [-0.39, 0.29) is 11.4 Å². The number of amides is 2. The number of hydrogen-bond acceptors (Lipinski definition) is 5. The number of carbonyl (C=O) groups is 2. The summed E-state index contributed by atoms with van der Waals surface area (Å²) in [4.78, 5) is 24.8. The highest BCUT2D eigenvalue weighted by atomic mass is 16.5. The SMILES string of the molecule is CCNC(=O)c1c(O)c(O)c(C(=O)NCC)n1-c1ccc(OCC)cc1. The van der Waals surface area contributed by atoms with Gasteiger partial charge in [0.2, 0.25) is 0 Å². The largest absolute Gasteiger partial charge is 0.503 e. The number of rotatable bonds is 7. The predicted molar refractivity (Wildman–Crippen MR) is 96.3 cm³/mol. The van der Waals surface area contributed by atoms with E-state index in [0.29, 0.717) is 31.1 Å². The molecule has 1 aromatic carbocycles. The second-order valence-electron chi connectivity index (χ2n) is 5.38. The Kier molecular flexibility index (Phi) is 6.11. The summed E-state index contributed by atoms with van der Waals surface area (Å²) in [5.74, 6) is -1.89. The zero-order valence-electron chi connectivity index (χ0n) is 15.0. The van der Waals surface area contributed by atoms with Crippen LogP contribution in [0.1, 0.15) is 41.7 Å². The van der Waals surface area contributed by atoms with E-state index in [1.165, 1.54) is 4.57 Å². The Morgan fingerprint density at radius 3 is 1.77 bits per heavy atom. The van der Waals surface area contributed by atoms with E-state index >= 15 is 0 Å². The van der Waals surface area contributed by atoms with Crippen LogP contribution in [0.15, 0.2) is 24.3 Å². The number of aromatic hydroxyl groups is 2. The van der Waals surface area contributed by atoms with Gasteiger partial charge in [0.25, 0.3) is 11.8 Å². The topological polar surface area (TPSA) is 113 Å². The lowest BCUT2D eigenvalue weighted by atomic mass is 10.2. The zero-order chi connectivity index (χ0) is 19.3. The third kappa shape index (κ3) is 3.58. The minimum absolute atomic E-state index is 0.213. The minimum Gasteiger partial charge on any atom is -0.503 e. The van der Waals surface area contributed by atoms with E-state index in [0.717, 1.165) is 0 Å². The molecule has 26 heavy (non-hydrogen) atoms. The smallest absolute Gasteiger partial charge is 0.272 e. The zero-order valence-corrected chi connectivity index (χ0v) is 15.0. The van der Waals surface area contributed by atoms with Crippen molar-refractivity contribution < 1.29 is 24.5 Å². The molecule has 0 aliphatic rings. The number of ether oxygens (including phenoxy) is 1. The summed E-state index contributed by atoms with van der Waals surface area (Å²) in [6, 6.07) is 6.62. The lowest BCUT2D eigenvalue weighted by molar-refractivity contribution is 0.0944. The highest BCUT2D eigenvalue weighted by molar-refractivity contribution is 6.04. The van der Waals surface area contributed by atoms with E-state index in [1.807, 2.05) is 6.92 Å². The molecule has 2 aromatic rings. The van der Waals surface area contributed by atoms with Crippen molar-refractivity contribution in [3.8, 4) is 22.9 Å². The fourth-order valence-electron chi connectivity index (χ4n) is 2.57. The molecule has 2 rings (SSSR count). The quantitative estimate of drug-likeness (QED) is 0.600. The number of nitrogens with one attached hydrogen (secondary N) is 2.